The van der Waals surface area contributed by atoms with Gasteiger partial charge in [0.15, 0.2) is 0 Å². The average Bonchev–Trinajstić information content (AvgIpc) is 2.31. The summed E-state index contributed by atoms with van der Waals surface area (Å²) in [5, 5.41) is 0. The van der Waals surface area contributed by atoms with Gasteiger partial charge in [-0.05, 0) is 24.9 Å². The molecular weight excluding hydrogens is 184 g/mol. The van der Waals surface area contributed by atoms with Crippen LogP contribution in [0.4, 0.5) is 0 Å². The molecule has 0 saturated carbocycles. The van der Waals surface area contributed by atoms with Crippen LogP contribution in [-0.4, -0.2) is 24.0 Å². The minimum absolute atomic E-state index is 0.596. The van der Waals surface area contributed by atoms with Crippen molar-refractivity contribution in [1.82, 2.24) is 4.90 Å². The van der Waals surface area contributed by atoms with Gasteiger partial charge in [-0.15, -0.1) is 0 Å². The van der Waals surface area contributed by atoms with Gasteiger partial charge in [-0.25, -0.2) is 0 Å². The molecule has 2 heteroatoms. The van der Waals surface area contributed by atoms with Crippen LogP contribution in [0.15, 0.2) is 30.3 Å². The molecule has 0 bridgehead atoms. The normalized spacial score (nSPS) is 22.9. The summed E-state index contributed by atoms with van der Waals surface area (Å²) in [5.74, 6) is 0. The highest BCUT2D eigenvalue weighted by Crippen LogP contribution is 2.18. The number of hydrogen-bond acceptors (Lipinski definition) is 2. The molecule has 1 aromatic carbocycles. The number of nitrogens with two attached hydrogens (primary N) is 1. The van der Waals surface area contributed by atoms with Crippen LogP contribution in [0.25, 0.3) is 0 Å². The van der Waals surface area contributed by atoms with E-state index in [1.807, 2.05) is 0 Å². The minimum Gasteiger partial charge on any atom is -0.329 e. The van der Waals surface area contributed by atoms with Crippen LogP contribution in [0.1, 0.15) is 24.8 Å². The summed E-state index contributed by atoms with van der Waals surface area (Å²) >= 11 is 0. The molecule has 2 N–H and O–H groups in total. The smallest absolute Gasteiger partial charge is 0.0237 e. The van der Waals surface area contributed by atoms with Crippen LogP contribution in [-0.2, 0) is 6.54 Å². The third kappa shape index (κ3) is 2.80. The first-order chi connectivity index (χ1) is 7.40. The Hall–Kier alpha value is -0.860. The highest BCUT2D eigenvalue weighted by molar-refractivity contribution is 5.14. The van der Waals surface area contributed by atoms with Gasteiger partial charge >= 0.3 is 0 Å². The Morgan fingerprint density at radius 1 is 1.20 bits per heavy atom. The van der Waals surface area contributed by atoms with Gasteiger partial charge in [0, 0.05) is 19.1 Å². The Balaban J connectivity index is 1.97. The Kier molecular flexibility index (Phi) is 3.75. The molecule has 1 aliphatic rings. The van der Waals surface area contributed by atoms with Gasteiger partial charge in [0.1, 0.15) is 0 Å². The number of benzene rings is 1. The van der Waals surface area contributed by atoms with E-state index in [-0.39, 0.29) is 0 Å². The molecule has 1 saturated heterocycles. The third-order valence-electron chi connectivity index (χ3n) is 3.25. The summed E-state index contributed by atoms with van der Waals surface area (Å²) in [6.07, 6.45) is 3.93. The van der Waals surface area contributed by atoms with Gasteiger partial charge in [-0.2, -0.15) is 0 Å². The second kappa shape index (κ2) is 5.29. The van der Waals surface area contributed by atoms with Crippen LogP contribution in [0.5, 0.6) is 0 Å². The maximum atomic E-state index is 5.81. The van der Waals surface area contributed by atoms with E-state index in [9.17, 15) is 0 Å². The molecule has 2 nitrogen and oxygen atoms in total. The quantitative estimate of drug-likeness (QED) is 0.816. The second-order valence-corrected chi connectivity index (χ2v) is 4.34. The second-order valence-electron chi connectivity index (χ2n) is 4.34. The molecule has 0 spiro atoms. The lowest BCUT2D eigenvalue weighted by Crippen LogP contribution is -2.43. The van der Waals surface area contributed by atoms with Gasteiger partial charge in [-0.1, -0.05) is 36.8 Å². The molecule has 0 unspecified atom stereocenters. The molecule has 15 heavy (non-hydrogen) atoms. The number of nitrogens with zero attached hydrogens (tertiary/aromatic N) is 1. The van der Waals surface area contributed by atoms with Crippen molar-refractivity contribution < 1.29 is 0 Å². The van der Waals surface area contributed by atoms with Gasteiger partial charge < -0.3 is 5.73 Å². The van der Waals surface area contributed by atoms with Crippen LogP contribution < -0.4 is 5.73 Å². The Labute approximate surface area is 92.1 Å². The van der Waals surface area contributed by atoms with E-state index < -0.39 is 0 Å². The Morgan fingerprint density at radius 3 is 2.73 bits per heavy atom. The predicted molar refractivity (Wildman–Crippen MR) is 63.5 cm³/mol. The molecule has 2 rings (SSSR count). The van der Waals surface area contributed by atoms with Crippen molar-refractivity contribution in [2.45, 2.75) is 31.8 Å². The van der Waals surface area contributed by atoms with E-state index in [1.165, 1.54) is 31.4 Å². The average molecular weight is 204 g/mol. The van der Waals surface area contributed by atoms with Gasteiger partial charge in [0.05, 0.1) is 0 Å². The fraction of sp³-hybridized carbons (Fsp3) is 0.538. The highest BCUT2D eigenvalue weighted by atomic mass is 15.2. The SMILES string of the molecule is NC[C@@H]1CCCCN1Cc1ccccc1. The molecule has 0 amide bonds. The van der Waals surface area contributed by atoms with Crippen LogP contribution in [0.2, 0.25) is 0 Å². The number of likely N-dealkylation sites (tertiary alicyclic amines) is 1. The molecule has 1 aliphatic heterocycles. The van der Waals surface area contributed by atoms with Crippen molar-refractivity contribution in [2.24, 2.45) is 5.73 Å². The van der Waals surface area contributed by atoms with Crippen molar-refractivity contribution in [3.63, 3.8) is 0 Å². The number of rotatable bonds is 3. The van der Waals surface area contributed by atoms with E-state index in [0.29, 0.717) is 6.04 Å². The minimum atomic E-state index is 0.596. The molecular formula is C13H20N2. The van der Waals surface area contributed by atoms with Crippen LogP contribution >= 0.6 is 0 Å². The van der Waals surface area contributed by atoms with Gasteiger partial charge in [-0.3, -0.25) is 4.90 Å². The topological polar surface area (TPSA) is 29.3 Å². The first kappa shape index (κ1) is 10.7. The van der Waals surface area contributed by atoms with Crippen molar-refractivity contribution in [3.8, 4) is 0 Å². The fourth-order valence-corrected chi connectivity index (χ4v) is 2.35. The van der Waals surface area contributed by atoms with Crippen LogP contribution in [0, 0.1) is 0 Å². The van der Waals surface area contributed by atoms with E-state index >= 15 is 0 Å². The zero-order chi connectivity index (χ0) is 10.5. The summed E-state index contributed by atoms with van der Waals surface area (Å²) in [4.78, 5) is 2.53. The molecule has 1 fully saturated rings. The van der Waals surface area contributed by atoms with Gasteiger partial charge in [0.2, 0.25) is 0 Å². The first-order valence-corrected chi connectivity index (χ1v) is 5.88. The summed E-state index contributed by atoms with van der Waals surface area (Å²) in [6.45, 7) is 3.06. The molecule has 0 aliphatic carbocycles. The summed E-state index contributed by atoms with van der Waals surface area (Å²) in [6, 6.07) is 11.3. The van der Waals surface area contributed by atoms with Crippen molar-refractivity contribution in [3.05, 3.63) is 35.9 Å². The Bertz CT molecular complexity index is 284. The number of piperidine rings is 1. The lowest BCUT2D eigenvalue weighted by Gasteiger charge is -2.34. The lowest BCUT2D eigenvalue weighted by molar-refractivity contribution is 0.145. The predicted octanol–water partition coefficient (Wildman–Crippen LogP) is 2.00. The van der Waals surface area contributed by atoms with E-state index in [4.69, 9.17) is 5.73 Å². The molecule has 82 valence electrons. The third-order valence-corrected chi connectivity index (χ3v) is 3.25. The van der Waals surface area contributed by atoms with Crippen molar-refractivity contribution in [1.29, 1.82) is 0 Å². The molecule has 0 radical (unpaired) electrons. The van der Waals surface area contributed by atoms with Crippen molar-refractivity contribution in [2.75, 3.05) is 13.1 Å². The molecule has 1 atom stereocenters. The standard InChI is InChI=1S/C13H20N2/c14-10-13-8-4-5-9-15(13)11-12-6-2-1-3-7-12/h1-3,6-7,13H,4-5,8-11,14H2/t13-/m0/s1. The van der Waals surface area contributed by atoms with Crippen molar-refractivity contribution >= 4 is 0 Å². The number of hydrogen-bond donors (Lipinski definition) is 1. The summed E-state index contributed by atoms with van der Waals surface area (Å²) < 4.78 is 0. The Morgan fingerprint density at radius 2 is 2.00 bits per heavy atom. The maximum Gasteiger partial charge on any atom is 0.0237 e. The zero-order valence-electron chi connectivity index (χ0n) is 9.23. The van der Waals surface area contributed by atoms with E-state index in [2.05, 4.69) is 35.2 Å². The highest BCUT2D eigenvalue weighted by Gasteiger charge is 2.20. The molecule has 1 aromatic rings. The molecule has 1 heterocycles. The van der Waals surface area contributed by atoms with E-state index in [1.54, 1.807) is 0 Å². The largest absolute Gasteiger partial charge is 0.329 e. The summed E-state index contributed by atoms with van der Waals surface area (Å²) in [7, 11) is 0. The molecule has 0 aromatic heterocycles. The van der Waals surface area contributed by atoms with E-state index in [0.717, 1.165) is 13.1 Å². The van der Waals surface area contributed by atoms with Crippen LogP contribution in [0.3, 0.4) is 0 Å². The monoisotopic (exact) mass is 204 g/mol. The maximum absolute atomic E-state index is 5.81. The lowest BCUT2D eigenvalue weighted by atomic mass is 10.0. The fourth-order valence-electron chi connectivity index (χ4n) is 2.35. The first-order valence-electron chi connectivity index (χ1n) is 5.88. The summed E-state index contributed by atoms with van der Waals surface area (Å²) in [5.41, 5.74) is 7.21. The zero-order valence-corrected chi connectivity index (χ0v) is 9.23. The van der Waals surface area contributed by atoms with Gasteiger partial charge in [0.25, 0.3) is 0 Å².